The second kappa shape index (κ2) is 5.53. The van der Waals surface area contributed by atoms with Crippen LogP contribution >= 0.6 is 11.8 Å². The van der Waals surface area contributed by atoms with Crippen molar-refractivity contribution in [2.24, 2.45) is 4.99 Å². The number of hydrogen-bond acceptors (Lipinski definition) is 4. The molecule has 0 atom stereocenters. The Hall–Kier alpha value is -2.08. The second-order valence-electron chi connectivity index (χ2n) is 5.93. The molecule has 0 aliphatic carbocycles. The molecule has 1 fully saturated rings. The molecule has 118 valence electrons. The van der Waals surface area contributed by atoms with Crippen LogP contribution in [0.1, 0.15) is 24.8 Å². The first-order chi connectivity index (χ1) is 11.2. The van der Waals surface area contributed by atoms with Crippen LogP contribution in [-0.4, -0.2) is 42.0 Å². The number of hydrogen-bond donors (Lipinski definition) is 0. The smallest absolute Gasteiger partial charge is 0.287 e. The van der Waals surface area contributed by atoms with E-state index in [-0.39, 0.29) is 11.8 Å². The molecule has 0 unspecified atom stereocenters. The summed E-state index contributed by atoms with van der Waals surface area (Å²) in [6.07, 6.45) is 3.49. The zero-order valence-corrected chi connectivity index (χ0v) is 13.7. The molecule has 2 amide bonds. The van der Waals surface area contributed by atoms with Gasteiger partial charge in [0.15, 0.2) is 5.17 Å². The van der Waals surface area contributed by atoms with E-state index in [1.54, 1.807) is 11.9 Å². The van der Waals surface area contributed by atoms with E-state index in [0.717, 1.165) is 42.3 Å². The van der Waals surface area contributed by atoms with E-state index in [2.05, 4.69) is 9.89 Å². The number of fused-ring (bicyclic) bond motifs is 1. The number of amidine groups is 1. The average molecular weight is 327 g/mol. The van der Waals surface area contributed by atoms with Crippen LogP contribution in [0.2, 0.25) is 0 Å². The van der Waals surface area contributed by atoms with Gasteiger partial charge in [-0.05, 0) is 37.1 Å². The first-order valence-corrected chi connectivity index (χ1v) is 8.66. The molecule has 4 rings (SSSR count). The maximum Gasteiger partial charge on any atom is 0.287 e. The van der Waals surface area contributed by atoms with Gasteiger partial charge in [-0.15, -0.1) is 0 Å². The number of carbonyl (C=O) groups is 2. The van der Waals surface area contributed by atoms with Crippen molar-refractivity contribution >= 4 is 40.0 Å². The quantitative estimate of drug-likeness (QED) is 0.687. The van der Waals surface area contributed by atoms with E-state index in [9.17, 15) is 9.59 Å². The molecule has 0 aromatic heterocycles. The minimum absolute atomic E-state index is 0.128. The summed E-state index contributed by atoms with van der Waals surface area (Å²) in [6.45, 7) is 1.87. The van der Waals surface area contributed by atoms with Crippen molar-refractivity contribution in [3.05, 3.63) is 34.7 Å². The van der Waals surface area contributed by atoms with Gasteiger partial charge in [-0.1, -0.05) is 18.2 Å². The minimum atomic E-state index is -0.288. The van der Waals surface area contributed by atoms with Crippen LogP contribution in [0.4, 0.5) is 5.69 Å². The SMILES string of the molecule is CN1C(=O)/C(=C2\SC(N3CCCCC3)=NC2=O)c2ccccc21. The average Bonchev–Trinajstić information content (AvgIpc) is 3.08. The number of para-hydroxylation sites is 1. The van der Waals surface area contributed by atoms with Crippen molar-refractivity contribution in [2.75, 3.05) is 25.0 Å². The lowest BCUT2D eigenvalue weighted by atomic mass is 10.1. The van der Waals surface area contributed by atoms with Crippen LogP contribution in [0.3, 0.4) is 0 Å². The normalized spacial score (nSPS) is 24.3. The Labute approximate surface area is 139 Å². The van der Waals surface area contributed by atoms with E-state index in [1.807, 2.05) is 24.3 Å². The van der Waals surface area contributed by atoms with Crippen LogP contribution in [0.5, 0.6) is 0 Å². The molecular formula is C17H17N3O2S. The highest BCUT2D eigenvalue weighted by atomic mass is 32.2. The lowest BCUT2D eigenvalue weighted by molar-refractivity contribution is -0.115. The number of nitrogens with zero attached hydrogens (tertiary/aromatic N) is 3. The summed E-state index contributed by atoms with van der Waals surface area (Å²) >= 11 is 1.35. The number of likely N-dealkylation sites (tertiary alicyclic amines) is 1. The van der Waals surface area contributed by atoms with Crippen LogP contribution in [0.15, 0.2) is 34.2 Å². The topological polar surface area (TPSA) is 53.0 Å². The molecule has 0 bridgehead atoms. The summed E-state index contributed by atoms with van der Waals surface area (Å²) < 4.78 is 0. The summed E-state index contributed by atoms with van der Waals surface area (Å²) in [7, 11) is 1.74. The summed E-state index contributed by atoms with van der Waals surface area (Å²) in [5.41, 5.74) is 2.17. The van der Waals surface area contributed by atoms with E-state index < -0.39 is 0 Å². The number of anilines is 1. The Balaban J connectivity index is 1.72. The van der Waals surface area contributed by atoms with Gasteiger partial charge in [-0.3, -0.25) is 9.59 Å². The lowest BCUT2D eigenvalue weighted by Gasteiger charge is -2.27. The Kier molecular flexibility index (Phi) is 3.49. The number of thioether (sulfide) groups is 1. The van der Waals surface area contributed by atoms with Gasteiger partial charge >= 0.3 is 0 Å². The maximum atomic E-state index is 12.6. The second-order valence-corrected chi connectivity index (χ2v) is 6.91. The van der Waals surface area contributed by atoms with Gasteiger partial charge in [0, 0.05) is 25.7 Å². The van der Waals surface area contributed by atoms with E-state index >= 15 is 0 Å². The highest BCUT2D eigenvalue weighted by molar-refractivity contribution is 8.18. The Bertz CT molecular complexity index is 763. The third-order valence-electron chi connectivity index (χ3n) is 4.49. The molecule has 23 heavy (non-hydrogen) atoms. The molecule has 0 radical (unpaired) electrons. The zero-order valence-electron chi connectivity index (χ0n) is 12.9. The number of piperidine rings is 1. The maximum absolute atomic E-state index is 12.6. The molecule has 1 saturated heterocycles. The van der Waals surface area contributed by atoms with Crippen molar-refractivity contribution in [2.45, 2.75) is 19.3 Å². The number of rotatable bonds is 0. The number of aliphatic imine (C=N–C) groups is 1. The molecule has 0 saturated carbocycles. The largest absolute Gasteiger partial charge is 0.351 e. The number of likely N-dealkylation sites (N-methyl/N-ethyl adjacent to an activating group) is 1. The molecule has 5 nitrogen and oxygen atoms in total. The van der Waals surface area contributed by atoms with E-state index in [4.69, 9.17) is 0 Å². The van der Waals surface area contributed by atoms with Gasteiger partial charge in [0.25, 0.3) is 11.8 Å². The van der Waals surface area contributed by atoms with Gasteiger partial charge in [-0.25, -0.2) is 0 Å². The van der Waals surface area contributed by atoms with Crippen molar-refractivity contribution in [1.82, 2.24) is 4.90 Å². The number of benzene rings is 1. The van der Waals surface area contributed by atoms with Gasteiger partial charge in [0.2, 0.25) is 0 Å². The first kappa shape index (κ1) is 14.5. The fraction of sp³-hybridized carbons (Fsp3) is 0.353. The molecule has 3 aliphatic heterocycles. The molecule has 0 N–H and O–H groups in total. The minimum Gasteiger partial charge on any atom is -0.351 e. The molecule has 0 spiro atoms. The fourth-order valence-corrected chi connectivity index (χ4v) is 4.32. The number of amides is 2. The van der Waals surface area contributed by atoms with Crippen LogP contribution in [-0.2, 0) is 9.59 Å². The van der Waals surface area contributed by atoms with Crippen LogP contribution in [0.25, 0.3) is 5.57 Å². The standard InChI is InChI=1S/C17H17N3O2S/c1-19-12-8-4-3-7-11(12)13(16(19)22)14-15(21)18-17(23-14)20-9-5-2-6-10-20/h3-4,7-8H,2,5-6,9-10H2,1H3/b14-13-. The van der Waals surface area contributed by atoms with Gasteiger partial charge in [0.1, 0.15) is 0 Å². The Morgan fingerprint density at radius 2 is 1.83 bits per heavy atom. The Morgan fingerprint density at radius 1 is 1.09 bits per heavy atom. The third-order valence-corrected chi connectivity index (χ3v) is 5.61. The van der Waals surface area contributed by atoms with Crippen molar-refractivity contribution in [3.63, 3.8) is 0 Å². The van der Waals surface area contributed by atoms with Crippen molar-refractivity contribution in [1.29, 1.82) is 0 Å². The summed E-state index contributed by atoms with van der Waals surface area (Å²) in [5, 5.41) is 0.747. The Morgan fingerprint density at radius 3 is 2.61 bits per heavy atom. The monoisotopic (exact) mass is 327 g/mol. The van der Waals surface area contributed by atoms with Crippen LogP contribution in [0, 0.1) is 0 Å². The van der Waals surface area contributed by atoms with E-state index in [0.29, 0.717) is 10.5 Å². The fourth-order valence-electron chi connectivity index (χ4n) is 3.26. The van der Waals surface area contributed by atoms with Gasteiger partial charge < -0.3 is 9.80 Å². The van der Waals surface area contributed by atoms with Crippen LogP contribution < -0.4 is 4.90 Å². The molecule has 6 heteroatoms. The molecule has 1 aromatic rings. The first-order valence-electron chi connectivity index (χ1n) is 7.84. The highest BCUT2D eigenvalue weighted by Gasteiger charge is 2.38. The molecular weight excluding hydrogens is 310 g/mol. The van der Waals surface area contributed by atoms with Crippen molar-refractivity contribution in [3.8, 4) is 0 Å². The van der Waals surface area contributed by atoms with Gasteiger partial charge in [-0.2, -0.15) is 4.99 Å². The van der Waals surface area contributed by atoms with E-state index in [1.165, 1.54) is 18.2 Å². The third kappa shape index (κ3) is 2.28. The number of carbonyl (C=O) groups excluding carboxylic acids is 2. The summed E-state index contributed by atoms with van der Waals surface area (Å²) in [4.78, 5) is 33.5. The lowest BCUT2D eigenvalue weighted by Crippen LogP contribution is -2.33. The summed E-state index contributed by atoms with van der Waals surface area (Å²) in [6, 6.07) is 7.58. The predicted octanol–water partition coefficient (Wildman–Crippen LogP) is 2.49. The van der Waals surface area contributed by atoms with Crippen molar-refractivity contribution < 1.29 is 9.59 Å². The van der Waals surface area contributed by atoms with Gasteiger partial charge in [0.05, 0.1) is 16.2 Å². The predicted molar refractivity (Wildman–Crippen MR) is 92.2 cm³/mol. The highest BCUT2D eigenvalue weighted by Crippen LogP contribution is 2.43. The molecule has 3 heterocycles. The molecule has 3 aliphatic rings. The molecule has 1 aromatic carbocycles. The summed E-state index contributed by atoms with van der Waals surface area (Å²) in [5.74, 6) is -0.416. The zero-order chi connectivity index (χ0) is 16.0.